The summed E-state index contributed by atoms with van der Waals surface area (Å²) in [4.78, 5) is 10.8. The smallest absolute Gasteiger partial charge is 0.336 e. The van der Waals surface area contributed by atoms with Crippen molar-refractivity contribution in [1.29, 1.82) is 5.41 Å². The van der Waals surface area contributed by atoms with Crippen LogP contribution < -0.4 is 5.73 Å². The van der Waals surface area contributed by atoms with Gasteiger partial charge in [-0.2, -0.15) is 0 Å². The van der Waals surface area contributed by atoms with Crippen molar-refractivity contribution < 1.29 is 9.90 Å². The molecule has 1 rings (SSSR count). The van der Waals surface area contributed by atoms with E-state index in [2.05, 4.69) is 0 Å². The first kappa shape index (κ1) is 11.2. The first-order chi connectivity index (χ1) is 6.99. The SMILES string of the molecule is CCC(=N)c1ccc(C(=O)O)c(C)c1N. The van der Waals surface area contributed by atoms with Crippen LogP contribution >= 0.6 is 0 Å². The van der Waals surface area contributed by atoms with Gasteiger partial charge in [0.2, 0.25) is 0 Å². The molecule has 0 aliphatic heterocycles. The highest BCUT2D eigenvalue weighted by atomic mass is 16.4. The predicted octanol–water partition coefficient (Wildman–Crippen LogP) is 2.05. The van der Waals surface area contributed by atoms with E-state index in [0.29, 0.717) is 28.9 Å². The molecule has 0 atom stereocenters. The number of nitrogens with one attached hydrogen (secondary N) is 1. The number of carbonyl (C=O) groups is 1. The van der Waals surface area contributed by atoms with Crippen molar-refractivity contribution in [3.63, 3.8) is 0 Å². The van der Waals surface area contributed by atoms with Crippen molar-refractivity contribution in [3.05, 3.63) is 28.8 Å². The second kappa shape index (κ2) is 4.13. The molecular formula is C11H14N2O2. The molecule has 80 valence electrons. The Morgan fingerprint density at radius 1 is 1.47 bits per heavy atom. The van der Waals surface area contributed by atoms with Gasteiger partial charge in [0.15, 0.2) is 0 Å². The molecule has 1 aromatic carbocycles. The maximum absolute atomic E-state index is 10.8. The first-order valence-electron chi connectivity index (χ1n) is 4.69. The second-order valence-electron chi connectivity index (χ2n) is 3.34. The molecule has 0 saturated heterocycles. The van der Waals surface area contributed by atoms with Crippen LogP contribution in [-0.4, -0.2) is 16.8 Å². The lowest BCUT2D eigenvalue weighted by Gasteiger charge is -2.10. The fraction of sp³-hybridized carbons (Fsp3) is 0.273. The number of benzene rings is 1. The van der Waals surface area contributed by atoms with Gasteiger partial charge in [-0.05, 0) is 25.0 Å². The molecule has 0 fully saturated rings. The molecule has 0 radical (unpaired) electrons. The molecular weight excluding hydrogens is 192 g/mol. The molecule has 4 nitrogen and oxygen atoms in total. The Labute approximate surface area is 88.2 Å². The second-order valence-corrected chi connectivity index (χ2v) is 3.34. The molecule has 4 N–H and O–H groups in total. The molecule has 0 saturated carbocycles. The van der Waals surface area contributed by atoms with Crippen LogP contribution in [0, 0.1) is 12.3 Å². The largest absolute Gasteiger partial charge is 0.478 e. The van der Waals surface area contributed by atoms with Crippen LogP contribution in [0.4, 0.5) is 5.69 Å². The lowest BCUT2D eigenvalue weighted by molar-refractivity contribution is 0.0696. The van der Waals surface area contributed by atoms with E-state index in [9.17, 15) is 4.79 Å². The zero-order valence-corrected chi connectivity index (χ0v) is 8.79. The maximum Gasteiger partial charge on any atom is 0.336 e. The third-order valence-electron chi connectivity index (χ3n) is 2.42. The topological polar surface area (TPSA) is 87.2 Å². The van der Waals surface area contributed by atoms with Gasteiger partial charge in [-0.1, -0.05) is 13.0 Å². The molecule has 0 aliphatic rings. The zero-order chi connectivity index (χ0) is 11.6. The van der Waals surface area contributed by atoms with Crippen molar-refractivity contribution in [1.82, 2.24) is 0 Å². The van der Waals surface area contributed by atoms with Crippen LogP contribution in [0.3, 0.4) is 0 Å². The molecule has 0 aliphatic carbocycles. The minimum Gasteiger partial charge on any atom is -0.478 e. The third-order valence-corrected chi connectivity index (χ3v) is 2.42. The van der Waals surface area contributed by atoms with E-state index in [1.807, 2.05) is 6.92 Å². The first-order valence-corrected chi connectivity index (χ1v) is 4.69. The minimum atomic E-state index is -0.992. The molecule has 4 heteroatoms. The van der Waals surface area contributed by atoms with Gasteiger partial charge >= 0.3 is 5.97 Å². The number of hydrogen-bond acceptors (Lipinski definition) is 3. The Morgan fingerprint density at radius 3 is 2.47 bits per heavy atom. The predicted molar refractivity (Wildman–Crippen MR) is 59.7 cm³/mol. The van der Waals surface area contributed by atoms with Gasteiger partial charge in [-0.3, -0.25) is 0 Å². The van der Waals surface area contributed by atoms with Crippen LogP contribution in [0.15, 0.2) is 12.1 Å². The van der Waals surface area contributed by atoms with Crippen LogP contribution in [0.1, 0.15) is 34.8 Å². The van der Waals surface area contributed by atoms with Crippen molar-refractivity contribution in [2.24, 2.45) is 0 Å². The van der Waals surface area contributed by atoms with Gasteiger partial charge in [-0.15, -0.1) is 0 Å². The number of nitrogens with two attached hydrogens (primary N) is 1. The van der Waals surface area contributed by atoms with E-state index in [1.165, 1.54) is 6.07 Å². The van der Waals surface area contributed by atoms with E-state index in [4.69, 9.17) is 16.2 Å². The van der Waals surface area contributed by atoms with E-state index in [-0.39, 0.29) is 5.56 Å². The maximum atomic E-state index is 10.8. The number of nitrogen functional groups attached to an aromatic ring is 1. The van der Waals surface area contributed by atoms with Crippen molar-refractivity contribution >= 4 is 17.4 Å². The molecule has 0 bridgehead atoms. The van der Waals surface area contributed by atoms with Crippen LogP contribution in [0.5, 0.6) is 0 Å². The number of anilines is 1. The summed E-state index contributed by atoms with van der Waals surface area (Å²) < 4.78 is 0. The average Bonchev–Trinajstić information content (AvgIpc) is 2.20. The molecule has 15 heavy (non-hydrogen) atoms. The van der Waals surface area contributed by atoms with Gasteiger partial charge in [0, 0.05) is 17.0 Å². The van der Waals surface area contributed by atoms with E-state index in [0.717, 1.165) is 0 Å². The van der Waals surface area contributed by atoms with E-state index in [1.54, 1.807) is 13.0 Å². The summed E-state index contributed by atoms with van der Waals surface area (Å²) in [6.07, 6.45) is 0.579. The molecule has 0 heterocycles. The zero-order valence-electron chi connectivity index (χ0n) is 8.79. The van der Waals surface area contributed by atoms with Gasteiger partial charge in [0.1, 0.15) is 0 Å². The molecule has 0 amide bonds. The summed E-state index contributed by atoms with van der Waals surface area (Å²) in [6, 6.07) is 3.09. The quantitative estimate of drug-likeness (QED) is 0.522. The summed E-state index contributed by atoms with van der Waals surface area (Å²) in [5, 5.41) is 16.5. The van der Waals surface area contributed by atoms with Crippen molar-refractivity contribution in [3.8, 4) is 0 Å². The number of aromatic carboxylic acids is 1. The fourth-order valence-electron chi connectivity index (χ4n) is 1.41. The van der Waals surface area contributed by atoms with Crippen molar-refractivity contribution in [2.75, 3.05) is 5.73 Å². The van der Waals surface area contributed by atoms with Crippen LogP contribution in [-0.2, 0) is 0 Å². The number of carboxylic acid groups (broad SMARTS) is 1. The Morgan fingerprint density at radius 2 is 2.00 bits per heavy atom. The molecule has 0 spiro atoms. The lowest BCUT2D eigenvalue weighted by atomic mass is 9.98. The van der Waals surface area contributed by atoms with Gasteiger partial charge in [-0.25, -0.2) is 4.79 Å². The average molecular weight is 206 g/mol. The summed E-state index contributed by atoms with van der Waals surface area (Å²) in [6.45, 7) is 3.52. The van der Waals surface area contributed by atoms with Crippen molar-refractivity contribution in [2.45, 2.75) is 20.3 Å². The lowest BCUT2D eigenvalue weighted by Crippen LogP contribution is -2.08. The highest BCUT2D eigenvalue weighted by molar-refractivity contribution is 6.04. The van der Waals surface area contributed by atoms with Gasteiger partial charge in [0.05, 0.1) is 5.56 Å². The summed E-state index contributed by atoms with van der Waals surface area (Å²) in [5.41, 5.74) is 7.95. The van der Waals surface area contributed by atoms with Gasteiger partial charge in [0.25, 0.3) is 0 Å². The minimum absolute atomic E-state index is 0.195. The number of hydrogen-bond donors (Lipinski definition) is 3. The number of rotatable bonds is 3. The summed E-state index contributed by atoms with van der Waals surface area (Å²) in [7, 11) is 0. The Hall–Kier alpha value is -1.84. The highest BCUT2D eigenvalue weighted by Gasteiger charge is 2.13. The normalized spacial score (nSPS) is 10.0. The fourth-order valence-corrected chi connectivity index (χ4v) is 1.41. The third kappa shape index (κ3) is 1.98. The van der Waals surface area contributed by atoms with Gasteiger partial charge < -0.3 is 16.2 Å². The Balaban J connectivity index is 3.33. The molecule has 1 aromatic rings. The molecule has 0 aromatic heterocycles. The Bertz CT molecular complexity index is 425. The highest BCUT2D eigenvalue weighted by Crippen LogP contribution is 2.22. The number of carboxylic acids is 1. The summed E-state index contributed by atoms with van der Waals surface area (Å²) >= 11 is 0. The summed E-state index contributed by atoms with van der Waals surface area (Å²) in [5.74, 6) is -0.992. The van der Waals surface area contributed by atoms with E-state index < -0.39 is 5.97 Å². The Kier molecular flexibility index (Phi) is 3.09. The standard InChI is InChI=1S/C11H14N2O2/c1-3-9(12)8-5-4-7(11(14)15)6(2)10(8)13/h4-5,12H,3,13H2,1-2H3,(H,14,15). The van der Waals surface area contributed by atoms with Crippen LogP contribution in [0.2, 0.25) is 0 Å². The van der Waals surface area contributed by atoms with E-state index >= 15 is 0 Å². The molecule has 0 unspecified atom stereocenters. The van der Waals surface area contributed by atoms with Crippen LogP contribution in [0.25, 0.3) is 0 Å². The monoisotopic (exact) mass is 206 g/mol.